The van der Waals surface area contributed by atoms with Crippen molar-refractivity contribution in [3.05, 3.63) is 76.3 Å². The molecule has 0 aliphatic carbocycles. The second kappa shape index (κ2) is 13.3. The van der Waals surface area contributed by atoms with E-state index < -0.39 is 11.9 Å². The molecule has 1 aromatic heterocycles. The fourth-order valence-electron chi connectivity index (χ4n) is 2.18. The fourth-order valence-corrected chi connectivity index (χ4v) is 2.65. The van der Waals surface area contributed by atoms with Crippen molar-refractivity contribution in [2.45, 2.75) is 6.61 Å². The van der Waals surface area contributed by atoms with E-state index in [1.165, 1.54) is 43.6 Å². The first-order valence-corrected chi connectivity index (χ1v) is 9.57. The van der Waals surface area contributed by atoms with Gasteiger partial charge in [-0.25, -0.2) is 0 Å². The Morgan fingerprint density at radius 2 is 2.20 bits per heavy atom. The Kier molecular flexibility index (Phi) is 11.2. The number of aromatic nitrogens is 2. The van der Waals surface area contributed by atoms with Crippen LogP contribution < -0.4 is 9.47 Å². The van der Waals surface area contributed by atoms with Crippen molar-refractivity contribution in [3.8, 4) is 23.3 Å². The summed E-state index contributed by atoms with van der Waals surface area (Å²) in [5.74, 6) is -0.809. The van der Waals surface area contributed by atoms with Crippen molar-refractivity contribution in [1.29, 1.82) is 5.26 Å². The van der Waals surface area contributed by atoms with Gasteiger partial charge in [0.05, 0.1) is 11.6 Å². The fraction of sp³-hybridized carbons (Fsp3) is 0.0500. The molecule has 10 heteroatoms. The van der Waals surface area contributed by atoms with E-state index in [2.05, 4.69) is 26.9 Å². The predicted molar refractivity (Wildman–Crippen MR) is 97.3 cm³/mol. The molecule has 3 rings (SSSR count). The van der Waals surface area contributed by atoms with E-state index in [1.54, 1.807) is 12.2 Å². The van der Waals surface area contributed by atoms with Crippen molar-refractivity contribution < 1.29 is 84.3 Å². The molecule has 149 valence electrons. The number of halogens is 2. The minimum absolute atomic E-state index is 0. The van der Waals surface area contributed by atoms with E-state index in [1.807, 2.05) is 6.07 Å². The number of nitrogens with zero attached hydrogens (tertiary/aromatic N) is 2. The summed E-state index contributed by atoms with van der Waals surface area (Å²) in [6.07, 6.45) is 6.36. The van der Waals surface area contributed by atoms with Crippen LogP contribution >= 0.6 is 11.6 Å². The van der Waals surface area contributed by atoms with Crippen molar-refractivity contribution >= 4 is 22.1 Å². The number of nitrogens with one attached hydrogen (secondary N) is 1. The summed E-state index contributed by atoms with van der Waals surface area (Å²) in [4.78, 5) is 0. The Labute approximate surface area is 226 Å². The van der Waals surface area contributed by atoms with Crippen LogP contribution in [0.1, 0.15) is 18.2 Å². The number of hydrogen-bond acceptors (Lipinski definition) is 4. The van der Waals surface area contributed by atoms with Crippen LogP contribution in [-0.2, 0) is 44.5 Å². The summed E-state index contributed by atoms with van der Waals surface area (Å²) in [5, 5.41) is 16.0. The van der Waals surface area contributed by atoms with E-state index in [0.29, 0.717) is 11.3 Å². The van der Waals surface area contributed by atoms with Gasteiger partial charge in [-0.05, 0) is 18.2 Å². The normalized spacial score (nSPS) is 10.4. The number of aromatic amines is 1. The van der Waals surface area contributed by atoms with Gasteiger partial charge >= 0.3 is 127 Å². The number of allylic oxidation sites excluding steroid dienone is 1. The van der Waals surface area contributed by atoms with Crippen molar-refractivity contribution in [2.75, 3.05) is 0 Å². The average molecular weight is 854 g/mol. The third-order valence-electron chi connectivity index (χ3n) is 3.33. The van der Waals surface area contributed by atoms with Crippen LogP contribution in [0.2, 0.25) is 5.02 Å². The Bertz CT molecular complexity index is 1140. The molecule has 1 radical (unpaired) electrons. The summed E-state index contributed by atoms with van der Waals surface area (Å²) in [7, 11) is 0. The molecule has 2 aromatic carbocycles. The molecule has 0 aliphatic rings. The molecule has 3 aromatic rings. The van der Waals surface area contributed by atoms with Crippen molar-refractivity contribution in [3.63, 3.8) is 0 Å². The molecule has 0 bridgehead atoms. The molecule has 5 nitrogen and oxygen atoms in total. The number of ether oxygens (including phenoxy) is 2. The maximum atomic E-state index is 14.2. The van der Waals surface area contributed by atoms with Gasteiger partial charge in [-0.2, -0.15) is 5.26 Å². The monoisotopic (exact) mass is 853 g/mol. The summed E-state index contributed by atoms with van der Waals surface area (Å²) in [5.41, 5.74) is 1.53. The Morgan fingerprint density at radius 1 is 1.40 bits per heavy atom. The van der Waals surface area contributed by atoms with Gasteiger partial charge in [-0.1, -0.05) is 11.6 Å². The molecule has 1 N–H and O–H groups in total. The summed E-state index contributed by atoms with van der Waals surface area (Å²) >= 11 is 7.14. The van der Waals surface area contributed by atoms with E-state index in [4.69, 9.17) is 27.7 Å². The van der Waals surface area contributed by atoms with E-state index in [-0.39, 0.29) is 84.1 Å². The number of H-pyrrole nitrogens is 1. The van der Waals surface area contributed by atoms with Gasteiger partial charge in [0, 0.05) is 54.7 Å². The summed E-state index contributed by atoms with van der Waals surface area (Å²) < 4.78 is 36.1. The summed E-state index contributed by atoms with van der Waals surface area (Å²) in [6, 6.07) is 9.49. The van der Waals surface area contributed by atoms with Crippen LogP contribution in [0.4, 0.5) is 4.39 Å². The van der Waals surface area contributed by atoms with E-state index in [9.17, 15) is 4.39 Å². The van der Waals surface area contributed by atoms with Gasteiger partial charge in [0.1, 0.15) is 0 Å². The van der Waals surface area contributed by atoms with Gasteiger partial charge in [-0.15, -0.1) is 0 Å². The number of nitriles is 1. The second-order valence-electron chi connectivity index (χ2n) is 5.28. The van der Waals surface area contributed by atoms with E-state index in [0.717, 1.165) is 0 Å². The molecule has 0 saturated heterocycles. The first-order valence-electron chi connectivity index (χ1n) is 8.23. The minimum atomic E-state index is -0.938. The molecule has 0 saturated carbocycles. The molecular formula is C20H10ClFN3O2UVW-3. The molecule has 0 spiro atoms. The van der Waals surface area contributed by atoms with Crippen LogP contribution in [0.25, 0.3) is 6.08 Å². The maximum absolute atomic E-state index is 14.2. The van der Waals surface area contributed by atoms with Gasteiger partial charge in [-0.3, -0.25) is 0 Å². The van der Waals surface area contributed by atoms with Gasteiger partial charge in [0.15, 0.2) is 0 Å². The van der Waals surface area contributed by atoms with Gasteiger partial charge in [0.2, 0.25) is 0 Å². The second-order valence-corrected chi connectivity index (χ2v) is 6.56. The molecule has 0 atom stereocenters. The number of hydrogen-bond donors (Lipinski definition) is 1. The molecule has 0 aliphatic heterocycles. The third kappa shape index (κ3) is 7.86. The Balaban J connectivity index is 0.00000240. The van der Waals surface area contributed by atoms with Crippen molar-refractivity contribution in [1.82, 2.24) is 10.2 Å². The first kappa shape index (κ1) is 25.2. The molecule has 30 heavy (non-hydrogen) atoms. The van der Waals surface area contributed by atoms with Crippen LogP contribution in [0, 0.1) is 60.5 Å². The standard InChI is InChI=1S/C20H10ClFN3O2.U.V.W/c1-2-3-14-11-24-25-20(14)12-26-17-7-16(22)8-19(9-17)27-18-5-13(10-23)4-15(21)6-18;;;/h2-6,8-9H,12H2,(H,24,25);;;/q-3;;;/b3-2-;;;/i8T;;;. The van der Waals surface area contributed by atoms with Crippen LogP contribution in [0.15, 0.2) is 36.4 Å². The zero-order valence-electron chi connectivity index (χ0n) is 16.0. The van der Waals surface area contributed by atoms with Crippen LogP contribution in [0.5, 0.6) is 17.2 Å². The SMILES string of the molecule is [3H]c1c(F)[c-]c(OCc2n[nH][c-]c2/C=C\[C-]=[W])cc1Oc1cc(Cl)cc(C#N)c1.[U].[V]. The first-order chi connectivity index (χ1) is 14.0. The average Bonchev–Trinajstić information content (AvgIpc) is 3.15. The Hall–Kier alpha value is -1.11. The van der Waals surface area contributed by atoms with Crippen LogP contribution in [0.3, 0.4) is 0 Å². The minimum Gasteiger partial charge on any atom is -0.192 e. The van der Waals surface area contributed by atoms with Crippen LogP contribution in [-0.4, -0.2) is 14.6 Å². The predicted octanol–water partition coefficient (Wildman–Crippen LogP) is 4.28. The van der Waals surface area contributed by atoms with Crippen molar-refractivity contribution in [2.24, 2.45) is 0 Å². The van der Waals surface area contributed by atoms with Gasteiger partial charge in [0.25, 0.3) is 0 Å². The molecule has 0 fully saturated rings. The third-order valence-corrected chi connectivity index (χ3v) is 4.04. The zero-order valence-corrected chi connectivity index (χ0v) is 24.2. The number of rotatable bonds is 7. The molecule has 0 unspecified atom stereocenters. The molecular weight excluding hydrogens is 842 g/mol. The number of benzene rings is 2. The smallest absolute Gasteiger partial charge is 0.192 e. The quantitative estimate of drug-likeness (QED) is 0.361. The Morgan fingerprint density at radius 3 is 2.93 bits per heavy atom. The van der Waals surface area contributed by atoms with Gasteiger partial charge < -0.3 is 0 Å². The topological polar surface area (TPSA) is 70.9 Å². The van der Waals surface area contributed by atoms with E-state index >= 15 is 0 Å². The zero-order chi connectivity index (χ0) is 20.8. The summed E-state index contributed by atoms with van der Waals surface area (Å²) in [6.45, 7) is 0.0265. The molecule has 0 amide bonds. The molecule has 1 heterocycles.